The molecule has 2 unspecified atom stereocenters. The van der Waals surface area contributed by atoms with Crippen molar-refractivity contribution < 1.29 is 9.26 Å². The Kier molecular flexibility index (Phi) is 4.12. The standard InChI is InChI=1S/C14H17ClN2O2S/c1-9-6-17(7-10(2)18-9)8-11-5-16-19-14(11)12-3-4-13(15)20-12/h3-5,9-10H,6-8H2,1-2H3. The van der Waals surface area contributed by atoms with Crippen molar-refractivity contribution >= 4 is 22.9 Å². The number of aromatic nitrogens is 1. The number of ether oxygens (including phenoxy) is 1. The molecule has 1 fully saturated rings. The Labute approximate surface area is 127 Å². The van der Waals surface area contributed by atoms with Crippen LogP contribution < -0.4 is 0 Å². The van der Waals surface area contributed by atoms with Gasteiger partial charge in [0.2, 0.25) is 0 Å². The quantitative estimate of drug-likeness (QED) is 0.867. The van der Waals surface area contributed by atoms with Gasteiger partial charge in [0.05, 0.1) is 27.6 Å². The van der Waals surface area contributed by atoms with Crippen LogP contribution in [0.15, 0.2) is 22.9 Å². The van der Waals surface area contributed by atoms with Gasteiger partial charge in [0.15, 0.2) is 5.76 Å². The first-order valence-corrected chi connectivity index (χ1v) is 7.88. The molecule has 20 heavy (non-hydrogen) atoms. The van der Waals surface area contributed by atoms with E-state index < -0.39 is 0 Å². The van der Waals surface area contributed by atoms with Crippen LogP contribution in [0.2, 0.25) is 4.34 Å². The summed E-state index contributed by atoms with van der Waals surface area (Å²) >= 11 is 7.50. The lowest BCUT2D eigenvalue weighted by Gasteiger charge is -2.35. The Morgan fingerprint density at radius 2 is 2.10 bits per heavy atom. The molecular weight excluding hydrogens is 296 g/mol. The number of hydrogen-bond donors (Lipinski definition) is 0. The molecule has 2 atom stereocenters. The molecule has 3 rings (SSSR count). The smallest absolute Gasteiger partial charge is 0.181 e. The van der Waals surface area contributed by atoms with Crippen molar-refractivity contribution in [3.8, 4) is 10.6 Å². The fraction of sp³-hybridized carbons (Fsp3) is 0.500. The van der Waals surface area contributed by atoms with E-state index in [2.05, 4.69) is 23.9 Å². The number of morpholine rings is 1. The average molecular weight is 313 g/mol. The highest BCUT2D eigenvalue weighted by Gasteiger charge is 2.24. The topological polar surface area (TPSA) is 38.5 Å². The van der Waals surface area contributed by atoms with Gasteiger partial charge >= 0.3 is 0 Å². The molecule has 1 aliphatic heterocycles. The van der Waals surface area contributed by atoms with Crippen LogP contribution in [0.4, 0.5) is 0 Å². The number of thiophene rings is 1. The largest absolute Gasteiger partial charge is 0.373 e. The number of hydrogen-bond acceptors (Lipinski definition) is 5. The summed E-state index contributed by atoms with van der Waals surface area (Å²) in [4.78, 5) is 3.40. The lowest BCUT2D eigenvalue weighted by Crippen LogP contribution is -2.44. The number of rotatable bonds is 3. The van der Waals surface area contributed by atoms with Crippen LogP contribution in [0.5, 0.6) is 0 Å². The second kappa shape index (κ2) is 5.85. The van der Waals surface area contributed by atoms with E-state index in [1.54, 1.807) is 6.20 Å². The van der Waals surface area contributed by atoms with Gasteiger partial charge in [-0.1, -0.05) is 16.8 Å². The second-order valence-corrected chi connectivity index (χ2v) is 6.95. The van der Waals surface area contributed by atoms with Gasteiger partial charge in [-0.3, -0.25) is 4.90 Å². The SMILES string of the molecule is CC1CN(Cc2cnoc2-c2ccc(Cl)s2)CC(C)O1. The fourth-order valence-electron chi connectivity index (χ4n) is 2.67. The molecular formula is C14H17ClN2O2S. The van der Waals surface area contributed by atoms with E-state index >= 15 is 0 Å². The third-order valence-corrected chi connectivity index (χ3v) is 4.56. The van der Waals surface area contributed by atoms with E-state index in [4.69, 9.17) is 20.9 Å². The summed E-state index contributed by atoms with van der Waals surface area (Å²) in [6.45, 7) is 6.90. The Morgan fingerprint density at radius 3 is 2.75 bits per heavy atom. The molecule has 0 saturated carbocycles. The van der Waals surface area contributed by atoms with Crippen LogP contribution in [0, 0.1) is 0 Å². The summed E-state index contributed by atoms with van der Waals surface area (Å²) < 4.78 is 11.9. The molecule has 1 aliphatic rings. The third kappa shape index (κ3) is 3.06. The highest BCUT2D eigenvalue weighted by molar-refractivity contribution is 7.19. The third-order valence-electron chi connectivity index (χ3n) is 3.33. The summed E-state index contributed by atoms with van der Waals surface area (Å²) in [7, 11) is 0. The van der Waals surface area contributed by atoms with Gasteiger partial charge in [0.25, 0.3) is 0 Å². The first kappa shape index (κ1) is 14.1. The van der Waals surface area contributed by atoms with Crippen LogP contribution >= 0.6 is 22.9 Å². The summed E-state index contributed by atoms with van der Waals surface area (Å²) in [5.41, 5.74) is 1.10. The first-order valence-electron chi connectivity index (χ1n) is 6.69. The fourth-order valence-corrected chi connectivity index (χ4v) is 3.72. The van der Waals surface area contributed by atoms with Gasteiger partial charge in [0, 0.05) is 25.2 Å². The van der Waals surface area contributed by atoms with E-state index in [0.29, 0.717) is 0 Å². The maximum atomic E-state index is 5.99. The van der Waals surface area contributed by atoms with Gasteiger partial charge in [-0.05, 0) is 26.0 Å². The van der Waals surface area contributed by atoms with Crippen LogP contribution in [0.3, 0.4) is 0 Å². The minimum Gasteiger partial charge on any atom is -0.373 e. The summed E-state index contributed by atoms with van der Waals surface area (Å²) in [5.74, 6) is 0.827. The Bertz CT molecular complexity index is 573. The van der Waals surface area contributed by atoms with E-state index in [-0.39, 0.29) is 12.2 Å². The molecule has 2 aromatic heterocycles. The van der Waals surface area contributed by atoms with Crippen molar-refractivity contribution in [1.82, 2.24) is 10.1 Å². The van der Waals surface area contributed by atoms with Crippen molar-refractivity contribution in [3.05, 3.63) is 28.2 Å². The maximum absolute atomic E-state index is 5.99. The molecule has 108 valence electrons. The molecule has 0 amide bonds. The lowest BCUT2D eigenvalue weighted by atomic mass is 10.1. The van der Waals surface area contributed by atoms with Crippen molar-refractivity contribution in [2.24, 2.45) is 0 Å². The molecule has 3 heterocycles. The van der Waals surface area contributed by atoms with Gasteiger partial charge in [-0.15, -0.1) is 11.3 Å². The number of halogens is 1. The molecule has 2 aromatic rings. The minimum atomic E-state index is 0.262. The molecule has 6 heteroatoms. The normalized spacial score (nSPS) is 24.1. The molecule has 0 bridgehead atoms. The van der Waals surface area contributed by atoms with E-state index in [9.17, 15) is 0 Å². The molecule has 0 aliphatic carbocycles. The van der Waals surface area contributed by atoms with Crippen molar-refractivity contribution in [2.75, 3.05) is 13.1 Å². The van der Waals surface area contributed by atoms with Crippen molar-refractivity contribution in [3.63, 3.8) is 0 Å². The predicted octanol–water partition coefficient (Wildman–Crippen LogP) is 3.67. The molecule has 1 saturated heterocycles. The van der Waals surface area contributed by atoms with E-state index in [1.807, 2.05) is 12.1 Å². The van der Waals surface area contributed by atoms with Crippen LogP contribution in [0.25, 0.3) is 10.6 Å². The Hall–Kier alpha value is -0.880. The highest BCUT2D eigenvalue weighted by atomic mass is 35.5. The van der Waals surface area contributed by atoms with Gasteiger partial charge in [-0.25, -0.2) is 0 Å². The van der Waals surface area contributed by atoms with Crippen molar-refractivity contribution in [2.45, 2.75) is 32.6 Å². The Balaban J connectivity index is 1.77. The van der Waals surface area contributed by atoms with Gasteiger partial charge < -0.3 is 9.26 Å². The van der Waals surface area contributed by atoms with Crippen LogP contribution in [-0.4, -0.2) is 35.4 Å². The average Bonchev–Trinajstić information content (AvgIpc) is 2.96. The predicted molar refractivity (Wildman–Crippen MR) is 80.1 cm³/mol. The van der Waals surface area contributed by atoms with Gasteiger partial charge in [-0.2, -0.15) is 0 Å². The monoisotopic (exact) mass is 312 g/mol. The molecule has 0 N–H and O–H groups in total. The molecule has 0 aromatic carbocycles. The molecule has 0 spiro atoms. The second-order valence-electron chi connectivity index (χ2n) is 5.24. The van der Waals surface area contributed by atoms with Gasteiger partial charge in [0.1, 0.15) is 0 Å². The van der Waals surface area contributed by atoms with Crippen LogP contribution in [0.1, 0.15) is 19.4 Å². The zero-order valence-corrected chi connectivity index (χ0v) is 13.1. The van der Waals surface area contributed by atoms with Crippen molar-refractivity contribution in [1.29, 1.82) is 0 Å². The Morgan fingerprint density at radius 1 is 1.35 bits per heavy atom. The molecule has 0 radical (unpaired) electrons. The van der Waals surface area contributed by atoms with Crippen LogP contribution in [-0.2, 0) is 11.3 Å². The van der Waals surface area contributed by atoms with E-state index in [1.165, 1.54) is 11.3 Å². The maximum Gasteiger partial charge on any atom is 0.181 e. The first-order chi connectivity index (χ1) is 9.61. The van der Waals surface area contributed by atoms with E-state index in [0.717, 1.165) is 40.2 Å². The zero-order valence-electron chi connectivity index (χ0n) is 11.5. The highest BCUT2D eigenvalue weighted by Crippen LogP contribution is 2.33. The summed E-state index contributed by atoms with van der Waals surface area (Å²) in [6.07, 6.45) is 2.32. The number of nitrogens with zero attached hydrogens (tertiary/aromatic N) is 2. The summed E-state index contributed by atoms with van der Waals surface area (Å²) in [6, 6.07) is 3.86. The molecule has 4 nitrogen and oxygen atoms in total. The minimum absolute atomic E-state index is 0.262. The lowest BCUT2D eigenvalue weighted by molar-refractivity contribution is -0.0704. The summed E-state index contributed by atoms with van der Waals surface area (Å²) in [5, 5.41) is 3.94. The zero-order chi connectivity index (χ0) is 14.1.